The lowest BCUT2D eigenvalue weighted by Gasteiger charge is -2.26. The molecule has 106 valence electrons. The molecule has 0 heterocycles. The monoisotopic (exact) mass is 279 g/mol. The van der Waals surface area contributed by atoms with Gasteiger partial charge in [0.25, 0.3) is 0 Å². The van der Waals surface area contributed by atoms with Gasteiger partial charge in [-0.2, -0.15) is 0 Å². The SMILES string of the molecule is Cc1ccc(C(C)(N)Cc2ccccc2F)c(F)c1F. The molecule has 0 saturated heterocycles. The number of nitrogens with two attached hydrogens (primary N) is 1. The molecule has 0 amide bonds. The molecular weight excluding hydrogens is 263 g/mol. The van der Waals surface area contributed by atoms with Gasteiger partial charge in [0, 0.05) is 11.1 Å². The second-order valence-corrected chi connectivity index (χ2v) is 5.24. The average Bonchev–Trinajstić information content (AvgIpc) is 2.38. The summed E-state index contributed by atoms with van der Waals surface area (Å²) in [5.41, 5.74) is 5.53. The second kappa shape index (κ2) is 5.29. The third-order valence-electron chi connectivity index (χ3n) is 3.41. The van der Waals surface area contributed by atoms with Crippen molar-refractivity contribution in [2.45, 2.75) is 25.8 Å². The number of rotatable bonds is 3. The smallest absolute Gasteiger partial charge is 0.164 e. The molecule has 0 fully saturated rings. The Morgan fingerprint density at radius 3 is 2.30 bits per heavy atom. The first-order valence-corrected chi connectivity index (χ1v) is 6.30. The number of aryl methyl sites for hydroxylation is 1. The second-order valence-electron chi connectivity index (χ2n) is 5.24. The maximum atomic E-state index is 14.0. The first kappa shape index (κ1) is 14.6. The predicted octanol–water partition coefficient (Wildman–Crippen LogP) is 3.83. The molecule has 0 bridgehead atoms. The summed E-state index contributed by atoms with van der Waals surface area (Å²) in [4.78, 5) is 0. The average molecular weight is 279 g/mol. The quantitative estimate of drug-likeness (QED) is 0.908. The minimum Gasteiger partial charge on any atom is -0.321 e. The molecule has 0 aliphatic carbocycles. The molecule has 2 rings (SSSR count). The van der Waals surface area contributed by atoms with Crippen LogP contribution in [0.2, 0.25) is 0 Å². The van der Waals surface area contributed by atoms with Crippen molar-refractivity contribution in [3.05, 3.63) is 70.5 Å². The lowest BCUT2D eigenvalue weighted by Crippen LogP contribution is -2.37. The van der Waals surface area contributed by atoms with Crippen LogP contribution in [0.25, 0.3) is 0 Å². The zero-order valence-corrected chi connectivity index (χ0v) is 11.4. The Kier molecular flexibility index (Phi) is 3.86. The van der Waals surface area contributed by atoms with Crippen molar-refractivity contribution in [2.24, 2.45) is 5.73 Å². The van der Waals surface area contributed by atoms with Crippen LogP contribution in [0.15, 0.2) is 36.4 Å². The van der Waals surface area contributed by atoms with Crippen LogP contribution in [0.4, 0.5) is 13.2 Å². The highest BCUT2D eigenvalue weighted by molar-refractivity contribution is 5.33. The Labute approximate surface area is 116 Å². The molecule has 0 aliphatic rings. The van der Waals surface area contributed by atoms with Gasteiger partial charge in [0.05, 0.1) is 0 Å². The molecule has 0 spiro atoms. The Morgan fingerprint density at radius 2 is 1.65 bits per heavy atom. The molecular formula is C16H16F3N. The van der Waals surface area contributed by atoms with E-state index in [4.69, 9.17) is 5.73 Å². The van der Waals surface area contributed by atoms with Crippen molar-refractivity contribution in [3.63, 3.8) is 0 Å². The van der Waals surface area contributed by atoms with Gasteiger partial charge in [-0.1, -0.05) is 30.3 Å². The van der Waals surface area contributed by atoms with Gasteiger partial charge in [-0.25, -0.2) is 13.2 Å². The predicted molar refractivity (Wildman–Crippen MR) is 72.7 cm³/mol. The van der Waals surface area contributed by atoms with Crippen LogP contribution in [-0.4, -0.2) is 0 Å². The number of halogens is 3. The molecule has 0 radical (unpaired) electrons. The molecule has 0 saturated carbocycles. The Bertz CT molecular complexity index is 636. The Morgan fingerprint density at radius 1 is 1.00 bits per heavy atom. The summed E-state index contributed by atoms with van der Waals surface area (Å²) in [6.07, 6.45) is 0.0824. The maximum Gasteiger partial charge on any atom is 0.164 e. The van der Waals surface area contributed by atoms with E-state index >= 15 is 0 Å². The summed E-state index contributed by atoms with van der Waals surface area (Å²) in [5.74, 6) is -2.28. The first-order valence-electron chi connectivity index (χ1n) is 6.30. The summed E-state index contributed by atoms with van der Waals surface area (Å²) < 4.78 is 41.3. The van der Waals surface area contributed by atoms with E-state index in [0.717, 1.165) is 0 Å². The molecule has 0 aromatic heterocycles. The largest absolute Gasteiger partial charge is 0.321 e. The van der Waals surface area contributed by atoms with Crippen molar-refractivity contribution < 1.29 is 13.2 Å². The summed E-state index contributed by atoms with van der Waals surface area (Å²) >= 11 is 0. The molecule has 1 unspecified atom stereocenters. The standard InChI is InChI=1S/C16H16F3N/c1-10-7-8-12(15(19)14(10)18)16(2,20)9-11-5-3-4-6-13(11)17/h3-8H,9,20H2,1-2H3. The lowest BCUT2D eigenvalue weighted by atomic mass is 9.85. The minimum absolute atomic E-state index is 0.0452. The fourth-order valence-electron chi connectivity index (χ4n) is 2.22. The topological polar surface area (TPSA) is 26.0 Å². The number of hydrogen-bond donors (Lipinski definition) is 1. The van der Waals surface area contributed by atoms with Gasteiger partial charge in [0.15, 0.2) is 11.6 Å². The summed E-state index contributed by atoms with van der Waals surface area (Å²) in [6.45, 7) is 3.04. The summed E-state index contributed by atoms with van der Waals surface area (Å²) in [7, 11) is 0. The number of hydrogen-bond acceptors (Lipinski definition) is 1. The highest BCUT2D eigenvalue weighted by Gasteiger charge is 2.28. The third-order valence-corrected chi connectivity index (χ3v) is 3.41. The molecule has 0 aliphatic heterocycles. The van der Waals surface area contributed by atoms with Crippen LogP contribution in [-0.2, 0) is 12.0 Å². The number of benzene rings is 2. The highest BCUT2D eigenvalue weighted by Crippen LogP contribution is 2.28. The maximum absolute atomic E-state index is 14.0. The van der Waals surface area contributed by atoms with E-state index in [1.54, 1.807) is 25.1 Å². The van der Waals surface area contributed by atoms with Crippen LogP contribution < -0.4 is 5.73 Å². The van der Waals surface area contributed by atoms with Gasteiger partial charge in [-0.15, -0.1) is 0 Å². The first-order chi connectivity index (χ1) is 9.33. The molecule has 1 atom stereocenters. The summed E-state index contributed by atoms with van der Waals surface area (Å²) in [6, 6.07) is 9.08. The molecule has 1 nitrogen and oxygen atoms in total. The van der Waals surface area contributed by atoms with Crippen LogP contribution >= 0.6 is 0 Å². The van der Waals surface area contributed by atoms with Gasteiger partial charge in [-0.3, -0.25) is 0 Å². The fraction of sp³-hybridized carbons (Fsp3) is 0.250. The highest BCUT2D eigenvalue weighted by atomic mass is 19.2. The minimum atomic E-state index is -1.19. The Balaban J connectivity index is 2.41. The van der Waals surface area contributed by atoms with Crippen molar-refractivity contribution in [3.8, 4) is 0 Å². The zero-order chi connectivity index (χ0) is 14.9. The van der Waals surface area contributed by atoms with Gasteiger partial charge in [0.1, 0.15) is 5.82 Å². The molecule has 2 N–H and O–H groups in total. The van der Waals surface area contributed by atoms with Gasteiger partial charge in [0.2, 0.25) is 0 Å². The van der Waals surface area contributed by atoms with E-state index in [-0.39, 0.29) is 17.5 Å². The molecule has 20 heavy (non-hydrogen) atoms. The molecule has 2 aromatic rings. The van der Waals surface area contributed by atoms with E-state index in [1.807, 2.05) is 0 Å². The van der Waals surface area contributed by atoms with Crippen molar-refractivity contribution in [1.29, 1.82) is 0 Å². The van der Waals surface area contributed by atoms with E-state index < -0.39 is 23.0 Å². The van der Waals surface area contributed by atoms with Crippen LogP contribution in [0.5, 0.6) is 0 Å². The van der Waals surface area contributed by atoms with Crippen molar-refractivity contribution >= 4 is 0 Å². The van der Waals surface area contributed by atoms with Gasteiger partial charge < -0.3 is 5.73 Å². The van der Waals surface area contributed by atoms with Crippen LogP contribution in [0.1, 0.15) is 23.6 Å². The lowest BCUT2D eigenvalue weighted by molar-refractivity contribution is 0.422. The normalized spacial score (nSPS) is 14.1. The van der Waals surface area contributed by atoms with Gasteiger partial charge >= 0.3 is 0 Å². The zero-order valence-electron chi connectivity index (χ0n) is 11.4. The van der Waals surface area contributed by atoms with Crippen LogP contribution in [0.3, 0.4) is 0 Å². The van der Waals surface area contributed by atoms with E-state index in [2.05, 4.69) is 0 Å². The van der Waals surface area contributed by atoms with E-state index in [9.17, 15) is 13.2 Å². The molecule has 4 heteroatoms. The fourth-order valence-corrected chi connectivity index (χ4v) is 2.22. The Hall–Kier alpha value is -1.81. The van der Waals surface area contributed by atoms with Crippen molar-refractivity contribution in [1.82, 2.24) is 0 Å². The van der Waals surface area contributed by atoms with Crippen LogP contribution in [0, 0.1) is 24.4 Å². The third kappa shape index (κ3) is 2.70. The van der Waals surface area contributed by atoms with E-state index in [0.29, 0.717) is 5.56 Å². The van der Waals surface area contributed by atoms with Gasteiger partial charge in [-0.05, 0) is 37.5 Å². The molecule has 2 aromatic carbocycles. The van der Waals surface area contributed by atoms with Crippen molar-refractivity contribution in [2.75, 3.05) is 0 Å². The summed E-state index contributed by atoms with van der Waals surface area (Å²) in [5, 5.41) is 0. The van der Waals surface area contributed by atoms with E-state index in [1.165, 1.54) is 25.1 Å².